The van der Waals surface area contributed by atoms with E-state index in [2.05, 4.69) is 28.0 Å². The molecular formula is C14H23BrN2O2. The zero-order chi connectivity index (χ0) is 14.0. The highest BCUT2D eigenvalue weighted by molar-refractivity contribution is 9.10. The standard InChI is InChI=1S/C14H23BrN2O2/c1-4-19-14(7-5-6-10(2)8-14)13(18)12-11(15)9-16-17(12)3/h9-10,13,18H,4-8H2,1-3H3. The number of aliphatic hydroxyl groups is 1. The van der Waals surface area contributed by atoms with E-state index >= 15 is 0 Å². The van der Waals surface area contributed by atoms with Crippen LogP contribution in [0.5, 0.6) is 0 Å². The van der Waals surface area contributed by atoms with E-state index < -0.39 is 11.7 Å². The average molecular weight is 331 g/mol. The number of rotatable bonds is 4. The predicted octanol–water partition coefficient (Wildman–Crippen LogP) is 3.20. The van der Waals surface area contributed by atoms with E-state index in [9.17, 15) is 5.11 Å². The van der Waals surface area contributed by atoms with Crippen molar-refractivity contribution in [1.82, 2.24) is 9.78 Å². The van der Waals surface area contributed by atoms with Crippen LogP contribution in [0, 0.1) is 5.92 Å². The summed E-state index contributed by atoms with van der Waals surface area (Å²) in [5.41, 5.74) is 0.338. The molecular weight excluding hydrogens is 308 g/mol. The summed E-state index contributed by atoms with van der Waals surface area (Å²) in [7, 11) is 1.86. The van der Waals surface area contributed by atoms with Crippen LogP contribution in [-0.2, 0) is 11.8 Å². The fraction of sp³-hybridized carbons (Fsp3) is 0.786. The maximum Gasteiger partial charge on any atom is 0.126 e. The van der Waals surface area contributed by atoms with Crippen LogP contribution in [0.4, 0.5) is 0 Å². The second-order valence-corrected chi connectivity index (χ2v) is 6.46. The Morgan fingerprint density at radius 3 is 2.95 bits per heavy atom. The van der Waals surface area contributed by atoms with Gasteiger partial charge in [-0.1, -0.05) is 19.8 Å². The van der Waals surface area contributed by atoms with Gasteiger partial charge in [-0.15, -0.1) is 0 Å². The Hall–Kier alpha value is -0.390. The molecule has 1 aliphatic rings. The maximum atomic E-state index is 10.9. The molecule has 108 valence electrons. The maximum absolute atomic E-state index is 10.9. The Bertz CT molecular complexity index is 412. The molecule has 0 saturated heterocycles. The molecule has 1 fully saturated rings. The molecule has 0 radical (unpaired) electrons. The highest BCUT2D eigenvalue weighted by atomic mass is 79.9. The number of aliphatic hydroxyl groups excluding tert-OH is 1. The number of halogens is 1. The van der Waals surface area contributed by atoms with Gasteiger partial charge in [-0.25, -0.2) is 0 Å². The van der Waals surface area contributed by atoms with Gasteiger partial charge in [0.2, 0.25) is 0 Å². The summed E-state index contributed by atoms with van der Waals surface area (Å²) in [6.45, 7) is 4.85. The van der Waals surface area contributed by atoms with E-state index in [1.165, 1.54) is 6.42 Å². The summed E-state index contributed by atoms with van der Waals surface area (Å²) in [5, 5.41) is 15.1. The third kappa shape index (κ3) is 2.88. The fourth-order valence-electron chi connectivity index (χ4n) is 3.27. The Kier molecular flexibility index (Phi) is 4.69. The van der Waals surface area contributed by atoms with Gasteiger partial charge in [-0.2, -0.15) is 5.10 Å². The minimum atomic E-state index is -0.642. The minimum absolute atomic E-state index is 0.470. The monoisotopic (exact) mass is 330 g/mol. The minimum Gasteiger partial charge on any atom is -0.384 e. The topological polar surface area (TPSA) is 47.3 Å². The lowest BCUT2D eigenvalue weighted by atomic mass is 9.74. The highest BCUT2D eigenvalue weighted by Crippen LogP contribution is 2.44. The van der Waals surface area contributed by atoms with Gasteiger partial charge in [0.1, 0.15) is 6.10 Å². The molecule has 0 spiro atoms. The lowest BCUT2D eigenvalue weighted by Gasteiger charge is -2.43. The number of hydrogen-bond acceptors (Lipinski definition) is 3. The van der Waals surface area contributed by atoms with Crippen LogP contribution < -0.4 is 0 Å². The molecule has 1 aromatic heterocycles. The quantitative estimate of drug-likeness (QED) is 0.922. The molecule has 0 aliphatic heterocycles. The third-order valence-corrected chi connectivity index (χ3v) is 4.73. The molecule has 1 aliphatic carbocycles. The normalized spacial score (nSPS) is 29.4. The molecule has 5 heteroatoms. The average Bonchev–Trinajstić information content (AvgIpc) is 2.68. The third-order valence-electron chi connectivity index (χ3n) is 4.12. The van der Waals surface area contributed by atoms with Crippen molar-refractivity contribution in [3.63, 3.8) is 0 Å². The summed E-state index contributed by atoms with van der Waals surface area (Å²) in [6.07, 6.45) is 5.22. The summed E-state index contributed by atoms with van der Waals surface area (Å²) in [4.78, 5) is 0. The van der Waals surface area contributed by atoms with Crippen molar-refractivity contribution in [2.45, 2.75) is 51.2 Å². The van der Waals surface area contributed by atoms with E-state index in [1.54, 1.807) is 10.9 Å². The SMILES string of the molecule is CCOC1(C(O)c2c(Br)cnn2C)CCCC(C)C1. The van der Waals surface area contributed by atoms with Crippen LogP contribution >= 0.6 is 15.9 Å². The van der Waals surface area contributed by atoms with Crippen LogP contribution in [0.15, 0.2) is 10.7 Å². The van der Waals surface area contributed by atoms with Crippen LogP contribution in [0.3, 0.4) is 0 Å². The molecule has 3 unspecified atom stereocenters. The van der Waals surface area contributed by atoms with Crippen molar-refractivity contribution in [3.8, 4) is 0 Å². The van der Waals surface area contributed by atoms with Gasteiger partial charge >= 0.3 is 0 Å². The number of hydrogen-bond donors (Lipinski definition) is 1. The predicted molar refractivity (Wildman–Crippen MR) is 77.9 cm³/mol. The molecule has 3 atom stereocenters. The largest absolute Gasteiger partial charge is 0.384 e. The van der Waals surface area contributed by atoms with Crippen LogP contribution in [0.2, 0.25) is 0 Å². The molecule has 0 amide bonds. The number of aryl methyl sites for hydroxylation is 1. The molecule has 0 aromatic carbocycles. The Balaban J connectivity index is 2.33. The molecule has 19 heavy (non-hydrogen) atoms. The van der Waals surface area contributed by atoms with Crippen molar-refractivity contribution >= 4 is 15.9 Å². The highest BCUT2D eigenvalue weighted by Gasteiger charge is 2.44. The van der Waals surface area contributed by atoms with E-state index in [-0.39, 0.29) is 0 Å². The molecule has 1 saturated carbocycles. The van der Waals surface area contributed by atoms with Gasteiger partial charge in [0.25, 0.3) is 0 Å². The Morgan fingerprint density at radius 1 is 1.68 bits per heavy atom. The van der Waals surface area contributed by atoms with Gasteiger partial charge in [0, 0.05) is 13.7 Å². The molecule has 0 bridgehead atoms. The zero-order valence-corrected chi connectivity index (χ0v) is 13.5. The van der Waals surface area contributed by atoms with Gasteiger partial charge in [-0.3, -0.25) is 4.68 Å². The molecule has 2 rings (SSSR count). The fourth-order valence-corrected chi connectivity index (χ4v) is 3.83. The molecule has 4 nitrogen and oxygen atoms in total. The lowest BCUT2D eigenvalue weighted by molar-refractivity contribution is -0.152. The first-order valence-corrected chi connectivity index (χ1v) is 7.79. The van der Waals surface area contributed by atoms with Crippen LogP contribution in [-0.4, -0.2) is 27.1 Å². The lowest BCUT2D eigenvalue weighted by Crippen LogP contribution is -2.44. The van der Waals surface area contributed by atoms with Gasteiger partial charge < -0.3 is 9.84 Å². The van der Waals surface area contributed by atoms with Crippen molar-refractivity contribution < 1.29 is 9.84 Å². The van der Waals surface area contributed by atoms with E-state index in [1.807, 2.05) is 14.0 Å². The summed E-state index contributed by atoms with van der Waals surface area (Å²) >= 11 is 3.48. The van der Waals surface area contributed by atoms with E-state index in [4.69, 9.17) is 4.74 Å². The molecule has 1 aromatic rings. The summed E-state index contributed by atoms with van der Waals surface area (Å²) in [5.74, 6) is 0.585. The first-order chi connectivity index (χ1) is 9.00. The second-order valence-electron chi connectivity index (χ2n) is 5.60. The van der Waals surface area contributed by atoms with E-state index in [0.717, 1.165) is 29.4 Å². The zero-order valence-electron chi connectivity index (χ0n) is 11.9. The molecule has 1 N–H and O–H groups in total. The first kappa shape index (κ1) is 15.0. The number of aromatic nitrogens is 2. The number of nitrogens with zero attached hydrogens (tertiary/aromatic N) is 2. The van der Waals surface area contributed by atoms with Crippen LogP contribution in [0.25, 0.3) is 0 Å². The van der Waals surface area contributed by atoms with Gasteiger partial charge in [0.05, 0.1) is 22.0 Å². The summed E-state index contributed by atoms with van der Waals surface area (Å²) in [6, 6.07) is 0. The van der Waals surface area contributed by atoms with Crippen molar-refractivity contribution in [1.29, 1.82) is 0 Å². The van der Waals surface area contributed by atoms with E-state index in [0.29, 0.717) is 12.5 Å². The van der Waals surface area contributed by atoms with Gasteiger partial charge in [0.15, 0.2) is 0 Å². The first-order valence-electron chi connectivity index (χ1n) is 6.99. The van der Waals surface area contributed by atoms with Crippen molar-refractivity contribution in [2.24, 2.45) is 13.0 Å². The Labute approximate surface area is 123 Å². The van der Waals surface area contributed by atoms with Crippen molar-refractivity contribution in [3.05, 3.63) is 16.4 Å². The second kappa shape index (κ2) is 5.94. The molecule has 1 heterocycles. The van der Waals surface area contributed by atoms with Crippen molar-refractivity contribution in [2.75, 3.05) is 6.61 Å². The Morgan fingerprint density at radius 2 is 2.42 bits per heavy atom. The van der Waals surface area contributed by atoms with Crippen LogP contribution in [0.1, 0.15) is 51.3 Å². The smallest absolute Gasteiger partial charge is 0.126 e. The van der Waals surface area contributed by atoms with Gasteiger partial charge in [-0.05, 0) is 41.6 Å². The summed E-state index contributed by atoms with van der Waals surface area (Å²) < 4.78 is 8.60. The number of ether oxygens (including phenoxy) is 1.